The number of hydrogen-bond acceptors (Lipinski definition) is 5. The molecule has 0 fully saturated rings. The highest BCUT2D eigenvalue weighted by molar-refractivity contribution is 5.91. The predicted octanol–water partition coefficient (Wildman–Crippen LogP) is 2.45. The maximum atomic E-state index is 11.9. The molecule has 0 unspecified atom stereocenters. The van der Waals surface area contributed by atoms with Crippen LogP contribution < -0.4 is 10.1 Å². The first-order valence-corrected chi connectivity index (χ1v) is 7.76. The molecule has 0 radical (unpaired) electrons. The van der Waals surface area contributed by atoms with Gasteiger partial charge in [-0.15, -0.1) is 0 Å². The van der Waals surface area contributed by atoms with Gasteiger partial charge in [0.25, 0.3) is 5.91 Å². The molecule has 6 heteroatoms. The van der Waals surface area contributed by atoms with Gasteiger partial charge in [0.1, 0.15) is 12.4 Å². The van der Waals surface area contributed by atoms with Crippen molar-refractivity contribution in [3.05, 3.63) is 65.7 Å². The van der Waals surface area contributed by atoms with E-state index in [-0.39, 0.29) is 19.6 Å². The summed E-state index contributed by atoms with van der Waals surface area (Å²) in [6.45, 7) is 0.296. The van der Waals surface area contributed by atoms with Gasteiger partial charge in [0, 0.05) is 6.54 Å². The van der Waals surface area contributed by atoms with Crippen LogP contribution in [0.1, 0.15) is 22.3 Å². The van der Waals surface area contributed by atoms with Gasteiger partial charge in [0.05, 0.1) is 18.1 Å². The van der Waals surface area contributed by atoms with Gasteiger partial charge in [-0.1, -0.05) is 30.3 Å². The van der Waals surface area contributed by atoms with E-state index in [4.69, 9.17) is 14.7 Å². The first kappa shape index (κ1) is 18.0. The van der Waals surface area contributed by atoms with Gasteiger partial charge in [0.2, 0.25) is 0 Å². The third-order valence-corrected chi connectivity index (χ3v) is 3.23. The Bertz CT molecular complexity index is 736. The fourth-order valence-electron chi connectivity index (χ4n) is 1.95. The quantitative estimate of drug-likeness (QED) is 0.590. The minimum atomic E-state index is -0.593. The van der Waals surface area contributed by atoms with E-state index in [9.17, 15) is 9.59 Å². The minimum absolute atomic E-state index is 0.212. The molecule has 0 heterocycles. The lowest BCUT2D eigenvalue weighted by atomic mass is 10.2. The summed E-state index contributed by atoms with van der Waals surface area (Å²) < 4.78 is 10.6. The topological polar surface area (TPSA) is 88.4 Å². The lowest BCUT2D eigenvalue weighted by molar-refractivity contribution is -0.124. The van der Waals surface area contributed by atoms with Crippen molar-refractivity contribution in [2.45, 2.75) is 13.0 Å². The van der Waals surface area contributed by atoms with Crippen molar-refractivity contribution >= 4 is 11.9 Å². The fraction of sp³-hybridized carbons (Fsp3) is 0.211. The molecular weight excluding hydrogens is 320 g/mol. The number of amides is 1. The molecule has 0 aliphatic rings. The molecule has 0 aromatic heterocycles. The van der Waals surface area contributed by atoms with E-state index in [2.05, 4.69) is 5.32 Å². The van der Waals surface area contributed by atoms with E-state index in [0.29, 0.717) is 17.9 Å². The highest BCUT2D eigenvalue weighted by atomic mass is 16.5. The molecule has 128 valence electrons. The summed E-state index contributed by atoms with van der Waals surface area (Å²) >= 11 is 0. The van der Waals surface area contributed by atoms with Crippen LogP contribution >= 0.6 is 0 Å². The van der Waals surface area contributed by atoms with E-state index in [0.717, 1.165) is 5.56 Å². The number of ether oxygens (including phenoxy) is 2. The molecule has 2 aromatic carbocycles. The highest BCUT2D eigenvalue weighted by Gasteiger charge is 2.10. The molecule has 2 aromatic rings. The van der Waals surface area contributed by atoms with Gasteiger partial charge >= 0.3 is 5.97 Å². The second-order valence-corrected chi connectivity index (χ2v) is 5.13. The van der Waals surface area contributed by atoms with Crippen LogP contribution in [-0.2, 0) is 16.1 Å². The van der Waals surface area contributed by atoms with Gasteiger partial charge in [-0.25, -0.2) is 4.79 Å². The number of nitriles is 1. The van der Waals surface area contributed by atoms with Crippen molar-refractivity contribution < 1.29 is 19.1 Å². The zero-order valence-corrected chi connectivity index (χ0v) is 13.6. The Kier molecular flexibility index (Phi) is 7.01. The molecule has 0 atom stereocenters. The fourth-order valence-corrected chi connectivity index (χ4v) is 1.95. The summed E-state index contributed by atoms with van der Waals surface area (Å²) in [5, 5.41) is 10.8. The Balaban J connectivity index is 1.78. The van der Waals surface area contributed by atoms with E-state index in [1.165, 1.54) is 0 Å². The molecule has 0 bridgehead atoms. The summed E-state index contributed by atoms with van der Waals surface area (Å²) in [5.41, 5.74) is 1.38. The van der Waals surface area contributed by atoms with E-state index >= 15 is 0 Å². The molecule has 0 saturated carbocycles. The number of hydrogen-bond donors (Lipinski definition) is 1. The molecule has 6 nitrogen and oxygen atoms in total. The molecule has 1 N–H and O–H groups in total. The average Bonchev–Trinajstić information content (AvgIpc) is 2.66. The van der Waals surface area contributed by atoms with Gasteiger partial charge in [-0.05, 0) is 29.8 Å². The summed E-state index contributed by atoms with van der Waals surface area (Å²) in [4.78, 5) is 23.3. The minimum Gasteiger partial charge on any atom is -0.489 e. The molecular formula is C19H18N2O4. The van der Waals surface area contributed by atoms with Crippen LogP contribution in [0.4, 0.5) is 0 Å². The first-order chi connectivity index (χ1) is 12.2. The smallest absolute Gasteiger partial charge is 0.338 e. The third-order valence-electron chi connectivity index (χ3n) is 3.23. The maximum Gasteiger partial charge on any atom is 0.338 e. The number of carbonyl (C=O) groups excluding carboxylic acids is 2. The summed E-state index contributed by atoms with van der Waals surface area (Å²) in [5.74, 6) is -0.397. The van der Waals surface area contributed by atoms with Gasteiger partial charge in [0.15, 0.2) is 6.61 Å². The van der Waals surface area contributed by atoms with Crippen LogP contribution in [0.25, 0.3) is 0 Å². The Morgan fingerprint density at radius 3 is 2.44 bits per heavy atom. The molecule has 25 heavy (non-hydrogen) atoms. The average molecular weight is 338 g/mol. The van der Waals surface area contributed by atoms with Crippen molar-refractivity contribution in [1.82, 2.24) is 5.32 Å². The van der Waals surface area contributed by atoms with Crippen LogP contribution in [0, 0.1) is 11.3 Å². The summed E-state index contributed by atoms with van der Waals surface area (Å²) in [6, 6.07) is 18.2. The standard InChI is InChI=1S/C19H18N2O4/c20-11-4-12-21-18(22)14-25-19(23)16-7-9-17(10-8-16)24-13-15-5-2-1-3-6-15/h1-3,5-10H,4,12-14H2,(H,21,22). The van der Waals surface area contributed by atoms with Crippen LogP contribution in [0.5, 0.6) is 5.75 Å². The maximum absolute atomic E-state index is 11.9. The molecule has 0 aliphatic carbocycles. The van der Waals surface area contributed by atoms with Gasteiger partial charge < -0.3 is 14.8 Å². The van der Waals surface area contributed by atoms with Crippen molar-refractivity contribution in [1.29, 1.82) is 5.26 Å². The van der Waals surface area contributed by atoms with Gasteiger partial charge in [-0.2, -0.15) is 5.26 Å². The Morgan fingerprint density at radius 2 is 1.76 bits per heavy atom. The largest absolute Gasteiger partial charge is 0.489 e. The number of benzene rings is 2. The zero-order chi connectivity index (χ0) is 17.9. The van der Waals surface area contributed by atoms with E-state index < -0.39 is 11.9 Å². The Morgan fingerprint density at radius 1 is 1.04 bits per heavy atom. The molecule has 0 aliphatic heterocycles. The van der Waals surface area contributed by atoms with Crippen molar-refractivity contribution in [2.75, 3.05) is 13.2 Å². The van der Waals surface area contributed by atoms with Crippen molar-refractivity contribution in [3.63, 3.8) is 0 Å². The number of rotatable bonds is 8. The lowest BCUT2D eigenvalue weighted by Crippen LogP contribution is -2.29. The Hall–Kier alpha value is -3.33. The Labute approximate surface area is 146 Å². The van der Waals surface area contributed by atoms with Crippen LogP contribution in [0.3, 0.4) is 0 Å². The van der Waals surface area contributed by atoms with Crippen LogP contribution in [0.15, 0.2) is 54.6 Å². The van der Waals surface area contributed by atoms with Gasteiger partial charge in [-0.3, -0.25) is 4.79 Å². The number of esters is 1. The summed E-state index contributed by atoms with van der Waals surface area (Å²) in [7, 11) is 0. The van der Waals surface area contributed by atoms with Crippen LogP contribution in [-0.4, -0.2) is 25.0 Å². The zero-order valence-electron chi connectivity index (χ0n) is 13.6. The monoisotopic (exact) mass is 338 g/mol. The second kappa shape index (κ2) is 9.73. The van der Waals surface area contributed by atoms with Crippen LogP contribution in [0.2, 0.25) is 0 Å². The molecule has 0 spiro atoms. The highest BCUT2D eigenvalue weighted by Crippen LogP contribution is 2.15. The molecule has 1 amide bonds. The first-order valence-electron chi connectivity index (χ1n) is 7.76. The number of nitrogens with zero attached hydrogens (tertiary/aromatic N) is 1. The molecule has 2 rings (SSSR count). The third kappa shape index (κ3) is 6.36. The summed E-state index contributed by atoms with van der Waals surface area (Å²) in [6.07, 6.45) is 0.212. The van der Waals surface area contributed by atoms with Crippen molar-refractivity contribution in [3.8, 4) is 11.8 Å². The van der Waals surface area contributed by atoms with Crippen molar-refractivity contribution in [2.24, 2.45) is 0 Å². The normalized spacial score (nSPS) is 9.72. The molecule has 0 saturated heterocycles. The van der Waals surface area contributed by atoms with E-state index in [1.807, 2.05) is 36.4 Å². The number of nitrogens with one attached hydrogen (secondary N) is 1. The SMILES string of the molecule is N#CCCNC(=O)COC(=O)c1ccc(OCc2ccccc2)cc1. The van der Waals surface area contributed by atoms with E-state index in [1.54, 1.807) is 24.3 Å². The second-order valence-electron chi connectivity index (χ2n) is 5.13. The predicted molar refractivity (Wildman–Crippen MR) is 90.7 cm³/mol. The number of carbonyl (C=O) groups is 2. The lowest BCUT2D eigenvalue weighted by Gasteiger charge is -2.08.